The monoisotopic (exact) mass is 486 g/mol. The summed E-state index contributed by atoms with van der Waals surface area (Å²) in [6, 6.07) is 2.72. The zero-order valence-corrected chi connectivity index (χ0v) is 18.8. The van der Waals surface area contributed by atoms with Crippen LogP contribution in [0.2, 0.25) is 0 Å². The second kappa shape index (κ2) is 9.03. The van der Waals surface area contributed by atoms with E-state index in [-0.39, 0.29) is 22.2 Å². The van der Waals surface area contributed by atoms with Gasteiger partial charge in [0.15, 0.2) is 10.8 Å². The van der Waals surface area contributed by atoms with Gasteiger partial charge in [-0.15, -0.1) is 23.1 Å². The molecule has 4 rings (SSSR count). The largest absolute Gasteiger partial charge is 0.477 e. The number of carbonyl (C=O) groups excluding carboxylic acids is 2. The molecule has 1 fully saturated rings. The van der Waals surface area contributed by atoms with E-state index in [9.17, 15) is 24.7 Å². The van der Waals surface area contributed by atoms with E-state index < -0.39 is 29.2 Å². The Morgan fingerprint density at radius 3 is 2.76 bits per heavy atom. The summed E-state index contributed by atoms with van der Waals surface area (Å²) in [4.78, 5) is 46.6. The molecule has 4 heterocycles. The maximum absolute atomic E-state index is 12.8. The van der Waals surface area contributed by atoms with E-state index in [4.69, 9.17) is 5.73 Å². The Balaban J connectivity index is 1.52. The van der Waals surface area contributed by atoms with Gasteiger partial charge in [0.05, 0.1) is 0 Å². The van der Waals surface area contributed by atoms with E-state index in [1.807, 2.05) is 19.1 Å². The van der Waals surface area contributed by atoms with Crippen LogP contribution in [0.4, 0.5) is 5.13 Å². The van der Waals surface area contributed by atoms with Crippen LogP contribution >= 0.6 is 23.1 Å². The number of oxime groups is 1. The number of nitrogens with one attached hydrogen (secondary N) is 1. The van der Waals surface area contributed by atoms with E-state index in [0.29, 0.717) is 11.3 Å². The number of anilines is 1. The summed E-state index contributed by atoms with van der Waals surface area (Å²) < 4.78 is 0. The Morgan fingerprint density at radius 1 is 1.36 bits per heavy atom. The van der Waals surface area contributed by atoms with Gasteiger partial charge in [0.1, 0.15) is 22.8 Å². The standard InChI is InChI=1S/C20H18N6O5S2/c1-9-2-3-10(6-22-9)4-5-11-7-32-18-14(17(28)26(18)15(11)19(29)30)24-16(27)13(25-31)12-8-33-20(21)23-12/h2-6,8,14,18,31H,7H2,1H3,(H2,21,23)(H,24,27)(H,29,30)/b5-4-,25-13?/t14-,18-/m1/s1. The number of carboxylic acids is 1. The molecule has 0 spiro atoms. The maximum atomic E-state index is 12.8. The van der Waals surface area contributed by atoms with E-state index >= 15 is 0 Å². The molecule has 11 nitrogen and oxygen atoms in total. The zero-order chi connectivity index (χ0) is 23.7. The number of pyridine rings is 1. The van der Waals surface area contributed by atoms with Crippen molar-refractivity contribution in [2.75, 3.05) is 11.5 Å². The molecule has 5 N–H and O–H groups in total. The summed E-state index contributed by atoms with van der Waals surface area (Å²) in [5.41, 5.74) is 7.23. The van der Waals surface area contributed by atoms with Crippen LogP contribution in [0.1, 0.15) is 17.0 Å². The number of hydrogen-bond acceptors (Lipinski definition) is 10. The molecule has 0 radical (unpaired) electrons. The van der Waals surface area contributed by atoms with Crippen molar-refractivity contribution in [3.05, 3.63) is 58.0 Å². The highest BCUT2D eigenvalue weighted by Gasteiger charge is 2.54. The molecular weight excluding hydrogens is 468 g/mol. The number of allylic oxidation sites excluding steroid dienone is 1. The van der Waals surface area contributed by atoms with E-state index in [1.165, 1.54) is 17.1 Å². The molecule has 170 valence electrons. The Kier molecular flexibility index (Phi) is 6.16. The van der Waals surface area contributed by atoms with Crippen molar-refractivity contribution >= 4 is 57.8 Å². The first-order valence-corrected chi connectivity index (χ1v) is 11.5. The number of aliphatic carboxylic acids is 1. The summed E-state index contributed by atoms with van der Waals surface area (Å²) in [5, 5.41) is 25.5. The fourth-order valence-electron chi connectivity index (χ4n) is 3.36. The van der Waals surface area contributed by atoms with Gasteiger partial charge in [-0.2, -0.15) is 0 Å². The van der Waals surface area contributed by atoms with Crippen molar-refractivity contribution in [3.8, 4) is 0 Å². The number of nitrogens with two attached hydrogens (primary N) is 1. The van der Waals surface area contributed by atoms with Gasteiger partial charge in [-0.05, 0) is 24.1 Å². The molecule has 2 aliphatic heterocycles. The van der Waals surface area contributed by atoms with Crippen molar-refractivity contribution in [1.82, 2.24) is 20.2 Å². The number of rotatable bonds is 6. The van der Waals surface area contributed by atoms with Crippen LogP contribution in [0.3, 0.4) is 0 Å². The van der Waals surface area contributed by atoms with E-state index in [2.05, 4.69) is 20.4 Å². The van der Waals surface area contributed by atoms with Gasteiger partial charge < -0.3 is 21.4 Å². The van der Waals surface area contributed by atoms with Gasteiger partial charge in [-0.25, -0.2) is 9.78 Å². The lowest BCUT2D eigenvalue weighted by Crippen LogP contribution is -2.71. The number of thioether (sulfide) groups is 1. The van der Waals surface area contributed by atoms with Crippen LogP contribution in [0, 0.1) is 6.92 Å². The van der Waals surface area contributed by atoms with Crippen molar-refractivity contribution in [2.24, 2.45) is 5.16 Å². The van der Waals surface area contributed by atoms with Gasteiger partial charge >= 0.3 is 5.97 Å². The SMILES string of the molecule is Cc1ccc(/C=C\C2=C(C(=O)O)N3C(=O)[C@@H](NC(=O)C(=NO)c4csc(N)n4)[C@H]3SC2)cn1. The normalized spacial score (nSPS) is 20.6. The third-order valence-corrected chi connectivity index (χ3v) is 6.95. The van der Waals surface area contributed by atoms with Gasteiger partial charge in [-0.1, -0.05) is 23.4 Å². The summed E-state index contributed by atoms with van der Waals surface area (Å²) in [7, 11) is 0. The fourth-order valence-corrected chi connectivity index (χ4v) is 5.23. The van der Waals surface area contributed by atoms with Gasteiger partial charge in [0, 0.05) is 23.0 Å². The van der Waals surface area contributed by atoms with Gasteiger partial charge in [-0.3, -0.25) is 19.5 Å². The van der Waals surface area contributed by atoms with Crippen LogP contribution < -0.4 is 11.1 Å². The number of fused-ring (bicyclic) bond motifs is 1. The van der Waals surface area contributed by atoms with E-state index in [0.717, 1.165) is 27.5 Å². The molecular formula is C20H18N6O5S2. The predicted octanol–water partition coefficient (Wildman–Crippen LogP) is 1.06. The number of nitrogens with zero attached hydrogens (tertiary/aromatic N) is 4. The lowest BCUT2D eigenvalue weighted by molar-refractivity contribution is -0.150. The van der Waals surface area contributed by atoms with E-state index in [1.54, 1.807) is 18.3 Å². The molecule has 0 aliphatic carbocycles. The number of hydrogen-bond donors (Lipinski definition) is 4. The second-order valence-electron chi connectivity index (χ2n) is 7.13. The zero-order valence-electron chi connectivity index (χ0n) is 17.1. The third-order valence-electron chi connectivity index (χ3n) is 4.98. The Bertz CT molecular complexity index is 1220. The van der Waals surface area contributed by atoms with Crippen molar-refractivity contribution in [1.29, 1.82) is 0 Å². The fraction of sp³-hybridized carbons (Fsp3) is 0.200. The molecule has 2 aromatic heterocycles. The minimum Gasteiger partial charge on any atom is -0.477 e. The highest BCUT2D eigenvalue weighted by Crippen LogP contribution is 2.40. The smallest absolute Gasteiger partial charge is 0.352 e. The highest BCUT2D eigenvalue weighted by atomic mass is 32.2. The van der Waals surface area contributed by atoms with Crippen molar-refractivity contribution in [3.63, 3.8) is 0 Å². The summed E-state index contributed by atoms with van der Waals surface area (Å²) >= 11 is 2.38. The average molecular weight is 487 g/mol. The number of β-lactam (4-membered cyclic amide) rings is 1. The van der Waals surface area contributed by atoms with Crippen molar-refractivity contribution < 1.29 is 24.7 Å². The predicted molar refractivity (Wildman–Crippen MR) is 123 cm³/mol. The van der Waals surface area contributed by atoms with Crippen molar-refractivity contribution in [2.45, 2.75) is 18.3 Å². The Labute approximate surface area is 195 Å². The molecule has 1 saturated heterocycles. The Hall–Kier alpha value is -3.71. The first-order chi connectivity index (χ1) is 15.8. The minimum absolute atomic E-state index is 0.0709. The number of aromatic nitrogens is 2. The quantitative estimate of drug-likeness (QED) is 0.202. The lowest BCUT2D eigenvalue weighted by Gasteiger charge is -2.49. The van der Waals surface area contributed by atoms with Crippen LogP contribution in [-0.2, 0) is 14.4 Å². The topological polar surface area (TPSA) is 171 Å². The minimum atomic E-state index is -1.24. The first-order valence-electron chi connectivity index (χ1n) is 9.56. The molecule has 0 saturated carbocycles. The van der Waals surface area contributed by atoms with Crippen LogP contribution in [0.25, 0.3) is 6.08 Å². The molecule has 2 aromatic rings. The number of amides is 2. The van der Waals surface area contributed by atoms with Gasteiger partial charge in [0.25, 0.3) is 11.8 Å². The number of carboxylic acid groups (broad SMARTS) is 1. The number of thiazole rings is 1. The molecule has 0 aromatic carbocycles. The molecule has 13 heteroatoms. The number of carbonyl (C=O) groups is 3. The highest BCUT2D eigenvalue weighted by molar-refractivity contribution is 8.00. The molecule has 2 amide bonds. The summed E-state index contributed by atoms with van der Waals surface area (Å²) in [6.45, 7) is 1.86. The summed E-state index contributed by atoms with van der Waals surface area (Å²) in [6.07, 6.45) is 5.06. The Morgan fingerprint density at radius 2 is 2.15 bits per heavy atom. The second-order valence-corrected chi connectivity index (χ2v) is 9.12. The number of aryl methyl sites for hydroxylation is 1. The van der Waals surface area contributed by atoms with Crippen LogP contribution in [0.5, 0.6) is 0 Å². The molecule has 2 aliphatic rings. The molecule has 0 unspecified atom stereocenters. The number of nitrogen functional groups attached to an aromatic ring is 1. The average Bonchev–Trinajstić information content (AvgIpc) is 3.22. The first kappa shape index (κ1) is 22.5. The third kappa shape index (κ3) is 4.32. The van der Waals surface area contributed by atoms with Crippen LogP contribution in [-0.4, -0.2) is 65.8 Å². The summed E-state index contributed by atoms with van der Waals surface area (Å²) in [5.74, 6) is -2.31. The molecule has 2 atom stereocenters. The molecule has 0 bridgehead atoms. The van der Waals surface area contributed by atoms with Crippen LogP contribution in [0.15, 0.2) is 46.2 Å². The molecule has 33 heavy (non-hydrogen) atoms. The van der Waals surface area contributed by atoms with Gasteiger partial charge in [0.2, 0.25) is 0 Å². The lowest BCUT2D eigenvalue weighted by atomic mass is 10.0. The maximum Gasteiger partial charge on any atom is 0.352 e.